The second-order valence-electron chi connectivity index (χ2n) is 26.6. The van der Waals surface area contributed by atoms with Gasteiger partial charge in [-0.25, -0.2) is 9.59 Å². The molecule has 2 heterocycles. The van der Waals surface area contributed by atoms with Crippen LogP contribution >= 0.6 is 0 Å². The fraction of sp³-hybridized carbons (Fsp3) is 0.461. The third kappa shape index (κ3) is 27.1. The van der Waals surface area contributed by atoms with Crippen LogP contribution < -0.4 is 0 Å². The van der Waals surface area contributed by atoms with Gasteiger partial charge in [0, 0.05) is 63.3 Å². The van der Waals surface area contributed by atoms with Crippen molar-refractivity contribution in [3.8, 4) is 0 Å². The van der Waals surface area contributed by atoms with Gasteiger partial charge in [0.05, 0.1) is 105 Å². The molecule has 0 aromatic heterocycles. The van der Waals surface area contributed by atoms with Crippen molar-refractivity contribution >= 4 is 30.1 Å². The van der Waals surface area contributed by atoms with E-state index in [0.717, 1.165) is 40.3 Å². The van der Waals surface area contributed by atoms with Gasteiger partial charge in [0.25, 0.3) is 0 Å². The van der Waals surface area contributed by atoms with Gasteiger partial charge in [0.15, 0.2) is 12.6 Å². The Hall–Kier alpha value is -12.0. The first-order valence-electron chi connectivity index (χ1n) is 36.4. The minimum atomic E-state index is -1.65. The number of carbonyl (C=O) groups is 5. The van der Waals surface area contributed by atoms with Crippen LogP contribution in [-0.4, -0.2) is 178 Å². The first-order valence-corrected chi connectivity index (χ1v) is 36.4. The molecule has 2 saturated carbocycles. The zero-order valence-corrected chi connectivity index (χ0v) is 62.5. The Balaban J connectivity index is 0.000000263. The lowest BCUT2D eigenvalue weighted by atomic mass is 9.84. The summed E-state index contributed by atoms with van der Waals surface area (Å²) in [7, 11) is 0. The van der Waals surface area contributed by atoms with Gasteiger partial charge in [-0.2, -0.15) is 0 Å². The maximum absolute atomic E-state index is 14.1. The van der Waals surface area contributed by atoms with Gasteiger partial charge in [0.2, 0.25) is 0 Å². The number of hydrogen-bond acceptors (Lipinski definition) is 24. The second kappa shape index (κ2) is 46.7. The second-order valence-corrected chi connectivity index (χ2v) is 26.6. The molecule has 2 amide bonds. The molecule has 38 heteroatoms. The van der Waals surface area contributed by atoms with Crippen molar-refractivity contribution in [3.05, 3.63) is 278 Å². The van der Waals surface area contributed by atoms with Crippen molar-refractivity contribution in [1.29, 1.82) is 0 Å². The van der Waals surface area contributed by atoms with Crippen molar-refractivity contribution in [3.63, 3.8) is 0 Å². The maximum Gasteiger partial charge on any atom is 0.410 e. The predicted molar refractivity (Wildman–Crippen MR) is 405 cm³/mol. The standard InChI is InChI=1S/C37H42N10O8.C35H40N10O7.C4H6O3/c1-24(48)53-34-29(42-45-39)19-30(43-46-40)35(33(34)49)55-36-28(41-44-38)17-18-32(54-36)31(23-51-21-26-13-7-3-8-14-26)47(20-25-11-5-2-6-12-25)37(50)52-22-27-15-9-4-10-16-27;36-42-39-26-16-17-30(51-34(26)52-33-28(41-44-38)18-27(40-43-37)31(46)32(33)47)29(22-49-20-24-12-6-2-7-13-24)45(19-23-10-4-1-5-11-23)35(48)50-21-25-14-8-3-9-15-25;1-3(5)7-4(2)6/h2-16,28-36,49H,17-23H2,1H3;1-15,26-34,46-47H,16-22H2;1-2H3/t28-,29-,30+,31-,32+,33-,34+,35-,36-;26-,27-,28+,29-,30+,31+,32-,33-,34-;/m11./s1. The summed E-state index contributed by atoms with van der Waals surface area (Å²) in [5, 5.41) is 55.8. The molecule has 6 aromatic carbocycles. The Kier molecular flexibility index (Phi) is 35.9. The number of ether oxygens (including phenoxy) is 10. The molecule has 2 aliphatic heterocycles. The smallest absolute Gasteiger partial charge is 0.410 e. The zero-order valence-electron chi connectivity index (χ0n) is 62.5. The fourth-order valence-corrected chi connectivity index (χ4v) is 13.4. The summed E-state index contributed by atoms with van der Waals surface area (Å²) in [6.45, 7) is 4.31. The summed E-state index contributed by atoms with van der Waals surface area (Å²) in [5.74, 6) is -1.87. The highest BCUT2D eigenvalue weighted by molar-refractivity contribution is 5.82. The molecule has 0 unspecified atom stereocenters. The number of rotatable bonds is 31. The van der Waals surface area contributed by atoms with Gasteiger partial charge in [-0.15, -0.1) is 0 Å². The number of hydrogen-bond donors (Lipinski definition) is 3. The van der Waals surface area contributed by atoms with E-state index in [0.29, 0.717) is 12.8 Å². The molecular formula is C76H88N20O18. The molecule has 114 heavy (non-hydrogen) atoms. The van der Waals surface area contributed by atoms with Crippen molar-refractivity contribution in [1.82, 2.24) is 9.80 Å². The molecule has 600 valence electrons. The summed E-state index contributed by atoms with van der Waals surface area (Å²) in [6, 6.07) is 48.7. The quantitative estimate of drug-likeness (QED) is 0.00908. The number of aliphatic hydroxyl groups is 3. The number of esters is 3. The van der Waals surface area contributed by atoms with Crippen LogP contribution in [0.5, 0.6) is 0 Å². The molecule has 18 atom stereocenters. The molecule has 38 nitrogen and oxygen atoms in total. The molecule has 3 N–H and O–H groups in total. The third-order valence-corrected chi connectivity index (χ3v) is 18.7. The van der Waals surface area contributed by atoms with E-state index in [1.807, 2.05) is 182 Å². The molecule has 0 bridgehead atoms. The van der Waals surface area contributed by atoms with E-state index < -0.39 is 140 Å². The van der Waals surface area contributed by atoms with E-state index in [1.165, 1.54) is 13.8 Å². The molecule has 2 aliphatic carbocycles. The highest BCUT2D eigenvalue weighted by atomic mass is 16.7. The maximum atomic E-state index is 14.1. The van der Waals surface area contributed by atoms with Crippen LogP contribution in [0.2, 0.25) is 0 Å². The zero-order chi connectivity index (χ0) is 81.6. The SMILES string of the molecule is CC(=O)OC(C)=O.CC(=O)O[C@@H]1[C@@H](O)[C@H](O[C@H]2O[C@H]([C@@H](COCc3ccccc3)N(Cc3ccccc3)C(=O)OCc3ccccc3)CC[C@H]2N=[N+]=[N-])[C@@H](N=[N+]=[N-])C[C@H]1N=[N+]=[N-].[N-]=[N+]=N[C@H]1C[C@@H](N=[N+]=[N-])[C@H](O)[C@@H](O)[C@@H]1O[C@H]1O[C@H]([C@@H](COCc2ccccc2)N(Cc2ccccc2)C(=O)OCc2ccccc2)CC[C@H]1N=[N+]=[N-]. The highest BCUT2D eigenvalue weighted by Gasteiger charge is 2.51. The summed E-state index contributed by atoms with van der Waals surface area (Å²) in [4.78, 5) is 80.1. The number of carbonyl (C=O) groups excluding carboxylic acids is 5. The Morgan fingerprint density at radius 2 is 0.702 bits per heavy atom. The van der Waals surface area contributed by atoms with E-state index in [-0.39, 0.29) is 78.4 Å². The molecule has 0 spiro atoms. The van der Waals surface area contributed by atoms with Crippen molar-refractivity contribution in [2.24, 2.45) is 30.7 Å². The number of azide groups is 6. The summed E-state index contributed by atoms with van der Waals surface area (Å²) in [5.41, 5.74) is 60.7. The van der Waals surface area contributed by atoms with E-state index in [4.69, 9.17) is 53.7 Å². The minimum absolute atomic E-state index is 0.00150. The molecule has 4 fully saturated rings. The Morgan fingerprint density at radius 1 is 0.395 bits per heavy atom. The number of benzene rings is 6. The molecule has 2 saturated heterocycles. The van der Waals surface area contributed by atoms with Crippen LogP contribution in [0.4, 0.5) is 9.59 Å². The van der Waals surface area contributed by atoms with Gasteiger partial charge in [-0.1, -0.05) is 213 Å². The summed E-state index contributed by atoms with van der Waals surface area (Å²) >= 11 is 0. The van der Waals surface area contributed by atoms with E-state index in [2.05, 4.69) is 64.9 Å². The molecule has 4 aliphatic rings. The van der Waals surface area contributed by atoms with Gasteiger partial charge < -0.3 is 62.7 Å². The Bertz CT molecular complexity index is 4330. The average molecular weight is 1570 g/mol. The average Bonchev–Trinajstić information content (AvgIpc) is 0.792. The first kappa shape index (κ1) is 87.5. The van der Waals surface area contributed by atoms with Crippen LogP contribution in [0, 0.1) is 0 Å². The van der Waals surface area contributed by atoms with Crippen LogP contribution in [0.3, 0.4) is 0 Å². The van der Waals surface area contributed by atoms with Crippen molar-refractivity contribution in [2.75, 3.05) is 13.2 Å². The largest absolute Gasteiger partial charge is 0.459 e. The molecular weight excluding hydrogens is 1480 g/mol. The Morgan fingerprint density at radius 3 is 1.04 bits per heavy atom. The van der Waals surface area contributed by atoms with Crippen LogP contribution in [0.25, 0.3) is 62.7 Å². The van der Waals surface area contributed by atoms with Crippen LogP contribution in [0.15, 0.2) is 213 Å². The van der Waals surface area contributed by atoms with Crippen LogP contribution in [-0.2, 0) is 101 Å². The third-order valence-electron chi connectivity index (χ3n) is 18.7. The lowest BCUT2D eigenvalue weighted by molar-refractivity contribution is -0.263. The number of aliphatic hydroxyl groups excluding tert-OH is 3. The lowest BCUT2D eigenvalue weighted by Crippen LogP contribution is -2.60. The minimum Gasteiger partial charge on any atom is -0.459 e. The van der Waals surface area contributed by atoms with Crippen LogP contribution in [0.1, 0.15) is 92.7 Å². The van der Waals surface area contributed by atoms with Gasteiger partial charge in [0.1, 0.15) is 31.5 Å². The van der Waals surface area contributed by atoms with E-state index >= 15 is 0 Å². The molecule has 0 radical (unpaired) electrons. The van der Waals surface area contributed by atoms with Gasteiger partial charge >= 0.3 is 30.1 Å². The molecule has 10 rings (SSSR count). The van der Waals surface area contributed by atoms with E-state index in [9.17, 15) is 61.4 Å². The number of nitrogens with zero attached hydrogens (tertiary/aromatic N) is 20. The Labute approximate surface area is 654 Å². The summed E-state index contributed by atoms with van der Waals surface area (Å²) < 4.78 is 59.1. The highest BCUT2D eigenvalue weighted by Crippen LogP contribution is 2.38. The normalized spacial score (nSPS) is 24.5. The first-order chi connectivity index (χ1) is 55.3. The summed E-state index contributed by atoms with van der Waals surface area (Å²) in [6.07, 6.45) is -13.4. The number of amides is 2. The lowest BCUT2D eigenvalue weighted by Gasteiger charge is -2.45. The van der Waals surface area contributed by atoms with Crippen molar-refractivity contribution < 1.29 is 86.7 Å². The van der Waals surface area contributed by atoms with Crippen molar-refractivity contribution in [2.45, 2.75) is 209 Å². The van der Waals surface area contributed by atoms with Gasteiger partial charge in [-0.3, -0.25) is 24.2 Å². The topological polar surface area (TPSA) is 537 Å². The van der Waals surface area contributed by atoms with E-state index in [1.54, 1.807) is 9.80 Å². The monoisotopic (exact) mass is 1570 g/mol. The molecule has 6 aromatic rings. The fourth-order valence-electron chi connectivity index (χ4n) is 13.4. The predicted octanol–water partition coefficient (Wildman–Crippen LogP) is 13.6. The van der Waals surface area contributed by atoms with Gasteiger partial charge in [-0.05, 0) is 105 Å².